The first-order chi connectivity index (χ1) is 23.6. The van der Waals surface area contributed by atoms with Crippen molar-refractivity contribution in [3.05, 3.63) is 59.7 Å². The van der Waals surface area contributed by atoms with E-state index in [1.165, 1.54) is 0 Å². The number of aliphatic hydroxyl groups excluding tert-OH is 1. The van der Waals surface area contributed by atoms with Crippen molar-refractivity contribution in [1.82, 2.24) is 9.80 Å². The molecular formula is C38H48N4O7. The number of anilines is 1. The van der Waals surface area contributed by atoms with Crippen molar-refractivity contribution in [3.63, 3.8) is 0 Å². The van der Waals surface area contributed by atoms with Crippen molar-refractivity contribution in [2.75, 3.05) is 45.4 Å². The van der Waals surface area contributed by atoms with Gasteiger partial charge in [-0.1, -0.05) is 37.6 Å². The molecule has 262 valence electrons. The van der Waals surface area contributed by atoms with Crippen LogP contribution in [0.1, 0.15) is 79.5 Å². The van der Waals surface area contributed by atoms with Crippen molar-refractivity contribution in [2.24, 2.45) is 4.99 Å². The van der Waals surface area contributed by atoms with Crippen LogP contribution in [0, 0.1) is 0 Å². The summed E-state index contributed by atoms with van der Waals surface area (Å²) in [6, 6.07) is 6.65. The van der Waals surface area contributed by atoms with E-state index >= 15 is 0 Å². The molecule has 6 rings (SSSR count). The number of unbranched alkanes of at least 4 members (excludes halogenated alkanes) is 2. The van der Waals surface area contributed by atoms with Crippen LogP contribution in [0.3, 0.4) is 0 Å². The maximum absolute atomic E-state index is 13.8. The van der Waals surface area contributed by atoms with Gasteiger partial charge in [0.05, 0.1) is 62.0 Å². The molecular weight excluding hydrogens is 624 g/mol. The van der Waals surface area contributed by atoms with Gasteiger partial charge in [-0.15, -0.1) is 0 Å². The van der Waals surface area contributed by atoms with E-state index in [2.05, 4.69) is 32.0 Å². The van der Waals surface area contributed by atoms with Gasteiger partial charge in [0.1, 0.15) is 6.23 Å². The Morgan fingerprint density at radius 2 is 1.47 bits per heavy atom. The van der Waals surface area contributed by atoms with Crippen LogP contribution in [0.4, 0.5) is 11.4 Å². The minimum Gasteiger partial charge on any atom is -0.493 e. The summed E-state index contributed by atoms with van der Waals surface area (Å²) < 4.78 is 23.6. The number of carbonyl (C=O) groups excluding carboxylic acids is 2. The molecule has 4 aliphatic rings. The molecule has 4 aliphatic heterocycles. The van der Waals surface area contributed by atoms with Crippen LogP contribution in [0.5, 0.6) is 23.0 Å². The van der Waals surface area contributed by atoms with E-state index in [1.807, 2.05) is 17.2 Å². The minimum atomic E-state index is -0.865. The lowest BCUT2D eigenvalue weighted by atomic mass is 10.0. The highest BCUT2D eigenvalue weighted by atomic mass is 16.5. The Labute approximate surface area is 288 Å². The van der Waals surface area contributed by atoms with E-state index in [0.29, 0.717) is 78.2 Å². The Balaban J connectivity index is 1.08. The summed E-state index contributed by atoms with van der Waals surface area (Å²) in [6.45, 7) is 14.2. The lowest BCUT2D eigenvalue weighted by Crippen LogP contribution is -2.51. The summed E-state index contributed by atoms with van der Waals surface area (Å²) in [5.41, 5.74) is 4.19. The fraction of sp³-hybridized carbons (Fsp3) is 0.500. The standard InChI is InChI=1S/C38H48N4O7/c1-7-11-25(4)42-30-19-35(33(47-6)17-28(30)37(44)41-22-24(3)15-31(41)38(42)45)49-13-10-8-9-12-48-34-18-29-27(16-32(34)46-5)36(43)40-21-23(2)14-26(40)20-39-29/h16-20,25-26,31,38,45H,2-3,7-15,21-22H2,1,4-6H3/t25?,26?,31-,38-/m0/s1. The minimum absolute atomic E-state index is 0.00463. The predicted molar refractivity (Wildman–Crippen MR) is 189 cm³/mol. The van der Waals surface area contributed by atoms with Crippen LogP contribution in [-0.2, 0) is 0 Å². The highest BCUT2D eigenvalue weighted by Gasteiger charge is 2.45. The van der Waals surface area contributed by atoms with Crippen molar-refractivity contribution in [3.8, 4) is 23.0 Å². The number of hydrogen-bond donors (Lipinski definition) is 1. The number of aliphatic imine (C=N–C) groups is 1. The van der Waals surface area contributed by atoms with Crippen LogP contribution in [0.15, 0.2) is 53.6 Å². The Morgan fingerprint density at radius 3 is 2.14 bits per heavy atom. The summed E-state index contributed by atoms with van der Waals surface area (Å²) in [4.78, 5) is 37.1. The molecule has 2 saturated heterocycles. The lowest BCUT2D eigenvalue weighted by molar-refractivity contribution is 0.0490. The number of aliphatic hydroxyl groups is 1. The Morgan fingerprint density at radius 1 is 0.857 bits per heavy atom. The molecule has 0 spiro atoms. The van der Waals surface area contributed by atoms with Crippen LogP contribution in [0.2, 0.25) is 0 Å². The van der Waals surface area contributed by atoms with Crippen molar-refractivity contribution >= 4 is 29.4 Å². The van der Waals surface area contributed by atoms with Gasteiger partial charge in [0.2, 0.25) is 0 Å². The summed E-state index contributed by atoms with van der Waals surface area (Å²) in [6.07, 6.45) is 6.44. The van der Waals surface area contributed by atoms with Gasteiger partial charge in [-0.3, -0.25) is 14.6 Å². The maximum atomic E-state index is 13.8. The summed E-state index contributed by atoms with van der Waals surface area (Å²) >= 11 is 0. The zero-order valence-corrected chi connectivity index (χ0v) is 29.1. The molecule has 2 fully saturated rings. The van der Waals surface area contributed by atoms with Gasteiger partial charge in [-0.2, -0.15) is 0 Å². The second-order valence-electron chi connectivity index (χ2n) is 13.4. The number of nitrogens with zero attached hydrogens (tertiary/aromatic N) is 4. The fourth-order valence-electron chi connectivity index (χ4n) is 7.41. The number of hydrogen-bond acceptors (Lipinski definition) is 9. The van der Waals surface area contributed by atoms with Crippen LogP contribution < -0.4 is 23.8 Å². The molecule has 0 bridgehead atoms. The van der Waals surface area contributed by atoms with Gasteiger partial charge in [-0.05, 0) is 57.6 Å². The molecule has 0 radical (unpaired) electrons. The summed E-state index contributed by atoms with van der Waals surface area (Å²) in [5.74, 6) is 1.84. The number of methoxy groups -OCH3 is 2. The summed E-state index contributed by atoms with van der Waals surface area (Å²) in [7, 11) is 3.13. The fourth-order valence-corrected chi connectivity index (χ4v) is 7.41. The van der Waals surface area contributed by atoms with Gasteiger partial charge < -0.3 is 38.8 Å². The maximum Gasteiger partial charge on any atom is 0.257 e. The van der Waals surface area contributed by atoms with Crippen molar-refractivity contribution < 1.29 is 33.6 Å². The zero-order chi connectivity index (χ0) is 34.8. The first-order valence-corrected chi connectivity index (χ1v) is 17.3. The molecule has 4 heterocycles. The second kappa shape index (κ2) is 14.5. The molecule has 2 aromatic carbocycles. The SMILES string of the molecule is C=C1CC2C=Nc3cc(OCCCCCOc4cc5c(cc4OC)C(=O)N4CC(=C)C[C@H]4[C@H](O)N5C(C)CCC)c(OC)cc3C(=O)N2C1. The third-order valence-corrected chi connectivity index (χ3v) is 9.91. The van der Waals surface area contributed by atoms with E-state index in [1.54, 1.807) is 42.2 Å². The first kappa shape index (κ1) is 34.4. The largest absolute Gasteiger partial charge is 0.493 e. The van der Waals surface area contributed by atoms with Crippen LogP contribution in [0.25, 0.3) is 0 Å². The smallest absolute Gasteiger partial charge is 0.257 e. The Hall–Kier alpha value is -4.51. The monoisotopic (exact) mass is 672 g/mol. The molecule has 0 saturated carbocycles. The number of ether oxygens (including phenoxy) is 4. The Bertz CT molecular complexity index is 1650. The number of amides is 2. The quantitative estimate of drug-likeness (QED) is 0.206. The third-order valence-electron chi connectivity index (χ3n) is 9.91. The molecule has 2 unspecified atom stereocenters. The highest BCUT2D eigenvalue weighted by Crippen LogP contribution is 2.43. The molecule has 2 amide bonds. The van der Waals surface area contributed by atoms with Gasteiger partial charge in [0, 0.05) is 37.5 Å². The van der Waals surface area contributed by atoms with Gasteiger partial charge in [-0.25, -0.2) is 0 Å². The van der Waals surface area contributed by atoms with Crippen LogP contribution >= 0.6 is 0 Å². The average Bonchev–Trinajstić information content (AvgIpc) is 3.62. The van der Waals surface area contributed by atoms with E-state index in [4.69, 9.17) is 18.9 Å². The topological polar surface area (TPSA) is 113 Å². The Kier molecular flexibility index (Phi) is 10.2. The van der Waals surface area contributed by atoms with Gasteiger partial charge in [0.25, 0.3) is 11.8 Å². The molecule has 2 aromatic rings. The normalized spacial score (nSPS) is 21.9. The van der Waals surface area contributed by atoms with E-state index < -0.39 is 6.23 Å². The molecule has 0 aliphatic carbocycles. The van der Waals surface area contributed by atoms with Gasteiger partial charge >= 0.3 is 0 Å². The van der Waals surface area contributed by atoms with Crippen molar-refractivity contribution in [2.45, 2.75) is 83.1 Å². The number of benzene rings is 2. The first-order valence-electron chi connectivity index (χ1n) is 17.3. The third kappa shape index (κ3) is 6.73. The van der Waals surface area contributed by atoms with Crippen LogP contribution in [-0.4, -0.2) is 97.8 Å². The second-order valence-corrected chi connectivity index (χ2v) is 13.4. The predicted octanol–water partition coefficient (Wildman–Crippen LogP) is 5.92. The molecule has 0 aromatic heterocycles. The zero-order valence-electron chi connectivity index (χ0n) is 29.1. The van der Waals surface area contributed by atoms with Gasteiger partial charge in [0.15, 0.2) is 23.0 Å². The van der Waals surface area contributed by atoms with E-state index in [0.717, 1.165) is 49.7 Å². The lowest BCUT2D eigenvalue weighted by Gasteiger charge is -2.38. The molecule has 11 heteroatoms. The number of rotatable bonds is 13. The number of fused-ring (bicyclic) bond motifs is 4. The molecule has 49 heavy (non-hydrogen) atoms. The summed E-state index contributed by atoms with van der Waals surface area (Å²) in [5, 5.41) is 11.6. The number of carbonyl (C=O) groups is 2. The molecule has 1 N–H and O–H groups in total. The average molecular weight is 673 g/mol. The highest BCUT2D eigenvalue weighted by molar-refractivity contribution is 6.04. The van der Waals surface area contributed by atoms with E-state index in [9.17, 15) is 14.7 Å². The van der Waals surface area contributed by atoms with E-state index in [-0.39, 0.29) is 29.9 Å². The molecule has 4 atom stereocenters. The van der Waals surface area contributed by atoms with Crippen molar-refractivity contribution in [1.29, 1.82) is 0 Å². The molecule has 11 nitrogen and oxygen atoms in total.